The number of urea groups is 1. The Hall–Kier alpha value is -3.41. The van der Waals surface area contributed by atoms with Crippen LogP contribution in [-0.2, 0) is 16.1 Å². The van der Waals surface area contributed by atoms with Crippen LogP contribution in [0.25, 0.3) is 0 Å². The van der Waals surface area contributed by atoms with E-state index in [1.54, 1.807) is 12.1 Å². The van der Waals surface area contributed by atoms with Crippen LogP contribution in [-0.4, -0.2) is 22.7 Å². The summed E-state index contributed by atoms with van der Waals surface area (Å²) in [6.07, 6.45) is 0. The van der Waals surface area contributed by atoms with Crippen molar-refractivity contribution in [3.8, 4) is 0 Å². The molecule has 1 heterocycles. The fourth-order valence-electron chi connectivity index (χ4n) is 2.62. The normalized spacial score (nSPS) is 17.2. The van der Waals surface area contributed by atoms with Crippen molar-refractivity contribution >= 4 is 23.5 Å². The maximum absolute atomic E-state index is 12.7. The van der Waals surface area contributed by atoms with Crippen LogP contribution in [0.1, 0.15) is 5.56 Å². The average Bonchev–Trinajstić information content (AvgIpc) is 2.60. The molecule has 1 aliphatic heterocycles. The number of barbiturate groups is 1. The molecule has 2 N–H and O–H groups in total. The van der Waals surface area contributed by atoms with Gasteiger partial charge in [0.05, 0.1) is 6.54 Å². The minimum absolute atomic E-state index is 0.0912. The first-order chi connectivity index (χ1) is 12.1. The van der Waals surface area contributed by atoms with Crippen molar-refractivity contribution < 1.29 is 14.4 Å². The van der Waals surface area contributed by atoms with Gasteiger partial charge < -0.3 is 5.32 Å². The molecule has 0 radical (unpaired) electrons. The maximum atomic E-state index is 12.7. The van der Waals surface area contributed by atoms with Gasteiger partial charge in [-0.25, -0.2) is 4.79 Å². The van der Waals surface area contributed by atoms with E-state index in [1.165, 1.54) is 0 Å². The molecule has 6 nitrogen and oxygen atoms in total. The summed E-state index contributed by atoms with van der Waals surface area (Å²) in [4.78, 5) is 38.0. The third-order valence-electron chi connectivity index (χ3n) is 3.86. The largest absolute Gasteiger partial charge is 0.358 e. The maximum Gasteiger partial charge on any atom is 0.331 e. The van der Waals surface area contributed by atoms with E-state index in [1.807, 2.05) is 48.5 Å². The molecule has 1 fully saturated rings. The highest BCUT2D eigenvalue weighted by atomic mass is 16.2. The molecule has 0 aliphatic carbocycles. The van der Waals surface area contributed by atoms with E-state index in [0.29, 0.717) is 5.69 Å². The summed E-state index contributed by atoms with van der Waals surface area (Å²) in [5, 5.41) is 5.18. The Kier molecular flexibility index (Phi) is 4.61. The van der Waals surface area contributed by atoms with Crippen molar-refractivity contribution in [3.05, 3.63) is 78.5 Å². The van der Waals surface area contributed by atoms with Crippen LogP contribution in [0.2, 0.25) is 0 Å². The number of nitrogens with zero attached hydrogens (tertiary/aromatic N) is 1. The van der Waals surface area contributed by atoms with Gasteiger partial charge in [0, 0.05) is 11.4 Å². The Morgan fingerprint density at radius 1 is 1.00 bits per heavy atom. The van der Waals surface area contributed by atoms with Gasteiger partial charge in [0.1, 0.15) is 0 Å². The smallest absolute Gasteiger partial charge is 0.331 e. The molecular formula is C19H17N3O3. The van der Waals surface area contributed by atoms with Gasteiger partial charge in [0.25, 0.3) is 0 Å². The Bertz CT molecular complexity index is 818. The number of amides is 4. The fraction of sp³-hybridized carbons (Fsp3) is 0.105. The van der Waals surface area contributed by atoms with Crippen LogP contribution in [0, 0.1) is 5.92 Å². The molecule has 0 bridgehead atoms. The minimum atomic E-state index is -1.17. The highest BCUT2D eigenvalue weighted by Gasteiger charge is 2.42. The molecule has 1 aliphatic rings. The molecular weight excluding hydrogens is 318 g/mol. The Morgan fingerprint density at radius 2 is 1.60 bits per heavy atom. The summed E-state index contributed by atoms with van der Waals surface area (Å²) in [5.74, 6) is -2.43. The van der Waals surface area contributed by atoms with E-state index in [4.69, 9.17) is 0 Å². The van der Waals surface area contributed by atoms with Crippen molar-refractivity contribution in [3.63, 3.8) is 0 Å². The molecule has 0 spiro atoms. The summed E-state index contributed by atoms with van der Waals surface area (Å²) in [6, 6.07) is 17.5. The van der Waals surface area contributed by atoms with Gasteiger partial charge in [-0.3, -0.25) is 19.8 Å². The standard InChI is InChI=1S/C19H17N3O3/c1-13(20-15-10-6-3-7-11-15)16-17(23)21-19(25)22(18(16)24)12-14-8-4-2-5-9-14/h2-11,16,20H,1,12H2,(H,21,23,25)/t16-/m1/s1. The fourth-order valence-corrected chi connectivity index (χ4v) is 2.62. The lowest BCUT2D eigenvalue weighted by Crippen LogP contribution is -2.58. The lowest BCUT2D eigenvalue weighted by Gasteiger charge is -2.31. The molecule has 0 aromatic heterocycles. The van der Waals surface area contributed by atoms with Gasteiger partial charge in [-0.2, -0.15) is 0 Å². The molecule has 0 unspecified atom stereocenters. The van der Waals surface area contributed by atoms with Crippen LogP contribution in [0.3, 0.4) is 0 Å². The number of imide groups is 2. The molecule has 2 aromatic rings. The highest BCUT2D eigenvalue weighted by molar-refractivity contribution is 6.17. The van der Waals surface area contributed by atoms with Gasteiger partial charge in [-0.15, -0.1) is 0 Å². The summed E-state index contributed by atoms with van der Waals surface area (Å²) < 4.78 is 0. The zero-order chi connectivity index (χ0) is 17.8. The Balaban J connectivity index is 1.79. The quantitative estimate of drug-likeness (QED) is 0.823. The molecule has 0 saturated carbocycles. The highest BCUT2D eigenvalue weighted by Crippen LogP contribution is 2.21. The van der Waals surface area contributed by atoms with E-state index in [2.05, 4.69) is 17.2 Å². The van der Waals surface area contributed by atoms with Gasteiger partial charge in [0.2, 0.25) is 11.8 Å². The first-order valence-corrected chi connectivity index (χ1v) is 7.77. The van der Waals surface area contributed by atoms with Crippen molar-refractivity contribution in [2.24, 2.45) is 5.92 Å². The molecule has 4 amide bonds. The molecule has 3 rings (SSSR count). The molecule has 2 aromatic carbocycles. The number of rotatable bonds is 5. The van der Waals surface area contributed by atoms with Crippen molar-refractivity contribution in [2.45, 2.75) is 6.54 Å². The molecule has 25 heavy (non-hydrogen) atoms. The lowest BCUT2D eigenvalue weighted by atomic mass is 10.0. The number of hydrogen-bond acceptors (Lipinski definition) is 4. The summed E-state index contributed by atoms with van der Waals surface area (Å²) in [7, 11) is 0. The van der Waals surface area contributed by atoms with Gasteiger partial charge >= 0.3 is 6.03 Å². The van der Waals surface area contributed by atoms with Gasteiger partial charge in [-0.1, -0.05) is 55.1 Å². The molecule has 1 atom stereocenters. The predicted octanol–water partition coefficient (Wildman–Crippen LogP) is 2.51. The van der Waals surface area contributed by atoms with E-state index in [0.717, 1.165) is 10.5 Å². The third-order valence-corrected chi connectivity index (χ3v) is 3.86. The minimum Gasteiger partial charge on any atom is -0.358 e. The second-order valence-corrected chi connectivity index (χ2v) is 5.65. The molecule has 6 heteroatoms. The third kappa shape index (κ3) is 3.58. The zero-order valence-corrected chi connectivity index (χ0v) is 13.4. The van der Waals surface area contributed by atoms with E-state index < -0.39 is 23.8 Å². The number of hydrogen-bond donors (Lipinski definition) is 2. The van der Waals surface area contributed by atoms with E-state index in [9.17, 15) is 14.4 Å². The van der Waals surface area contributed by atoms with E-state index >= 15 is 0 Å². The van der Waals surface area contributed by atoms with Crippen molar-refractivity contribution in [1.29, 1.82) is 0 Å². The Morgan fingerprint density at radius 3 is 2.24 bits per heavy atom. The zero-order valence-electron chi connectivity index (χ0n) is 13.4. The van der Waals surface area contributed by atoms with Gasteiger partial charge in [-0.05, 0) is 17.7 Å². The molecule has 126 valence electrons. The first kappa shape index (κ1) is 16.4. The number of carbonyl (C=O) groups is 3. The van der Waals surface area contributed by atoms with Crippen LogP contribution in [0.15, 0.2) is 72.9 Å². The molecule has 1 saturated heterocycles. The van der Waals surface area contributed by atoms with Crippen LogP contribution in [0.5, 0.6) is 0 Å². The summed E-state index contributed by atoms with van der Waals surface area (Å²) >= 11 is 0. The van der Waals surface area contributed by atoms with Crippen LogP contribution < -0.4 is 10.6 Å². The Labute approximate surface area is 145 Å². The number of benzene rings is 2. The number of carbonyl (C=O) groups excluding carboxylic acids is 3. The second kappa shape index (κ2) is 7.00. The van der Waals surface area contributed by atoms with Crippen molar-refractivity contribution in [1.82, 2.24) is 10.2 Å². The lowest BCUT2D eigenvalue weighted by molar-refractivity contribution is -0.141. The van der Waals surface area contributed by atoms with Crippen LogP contribution >= 0.6 is 0 Å². The summed E-state index contributed by atoms with van der Waals surface area (Å²) in [6.45, 7) is 3.90. The second-order valence-electron chi connectivity index (χ2n) is 5.65. The number of para-hydroxylation sites is 1. The monoisotopic (exact) mass is 335 g/mol. The van der Waals surface area contributed by atoms with Crippen LogP contribution in [0.4, 0.5) is 10.5 Å². The van der Waals surface area contributed by atoms with E-state index in [-0.39, 0.29) is 12.2 Å². The van der Waals surface area contributed by atoms with Gasteiger partial charge in [0.15, 0.2) is 5.92 Å². The number of anilines is 1. The topological polar surface area (TPSA) is 78.5 Å². The van der Waals surface area contributed by atoms with Crippen molar-refractivity contribution in [2.75, 3.05) is 5.32 Å². The number of nitrogens with one attached hydrogen (secondary N) is 2. The SMILES string of the molecule is C=C(Nc1ccccc1)[C@@H]1C(=O)NC(=O)N(Cc2ccccc2)C1=O. The average molecular weight is 335 g/mol. The summed E-state index contributed by atoms with van der Waals surface area (Å²) in [5.41, 5.74) is 1.72. The first-order valence-electron chi connectivity index (χ1n) is 7.77. The predicted molar refractivity (Wildman–Crippen MR) is 93.2 cm³/mol.